The summed E-state index contributed by atoms with van der Waals surface area (Å²) in [5, 5.41) is 3.42. The van der Waals surface area contributed by atoms with Crippen molar-refractivity contribution in [1.82, 2.24) is 15.1 Å². The second kappa shape index (κ2) is 35.9. The van der Waals surface area contributed by atoms with Gasteiger partial charge in [0.25, 0.3) is 0 Å². The third kappa shape index (κ3) is 20.7. The van der Waals surface area contributed by atoms with Crippen molar-refractivity contribution < 1.29 is 28.2 Å². The number of hydrogen-bond donors (Lipinski definition) is 1. The molecule has 3 aliphatic heterocycles. The molecule has 3 saturated carbocycles. The number of benzene rings is 6. The smallest absolute Gasteiger partial charge is 0.206 e. The van der Waals surface area contributed by atoms with E-state index >= 15 is 0 Å². The van der Waals surface area contributed by atoms with E-state index in [0.29, 0.717) is 34.2 Å². The molecule has 0 aromatic heterocycles. The Bertz CT molecular complexity index is 3250. The van der Waals surface area contributed by atoms with Crippen LogP contribution in [0.3, 0.4) is 0 Å². The molecule has 6 aliphatic rings. The molecule has 6 fully saturated rings. The monoisotopic (exact) mass is 1270 g/mol. The number of sulfone groups is 1. The van der Waals surface area contributed by atoms with Crippen LogP contribution in [-0.4, -0.2) is 95.0 Å². The highest BCUT2D eigenvalue weighted by Gasteiger charge is 2.30. The first-order chi connectivity index (χ1) is 43.3. The first-order valence-electron chi connectivity index (χ1n) is 33.4. The molecule has 482 valence electrons. The molecule has 0 unspecified atom stereocenters. The highest BCUT2D eigenvalue weighted by atomic mass is 32.2. The lowest BCUT2D eigenvalue weighted by Crippen LogP contribution is -2.42. The van der Waals surface area contributed by atoms with Crippen molar-refractivity contribution in [3.8, 4) is 11.5 Å². The van der Waals surface area contributed by atoms with Gasteiger partial charge in [-0.15, -0.1) is 0 Å². The van der Waals surface area contributed by atoms with E-state index in [1.165, 1.54) is 157 Å². The maximum atomic E-state index is 12.9. The molecule has 3 N–H and O–H groups in total. The topological polar surface area (TPSA) is 120 Å². The minimum Gasteiger partial charge on any atom is -0.497 e. The van der Waals surface area contributed by atoms with Gasteiger partial charge in [0.05, 0.1) is 24.0 Å². The Morgan fingerprint density at radius 2 is 0.744 bits per heavy atom. The van der Waals surface area contributed by atoms with Crippen LogP contribution in [0.2, 0.25) is 0 Å². The second-order valence-electron chi connectivity index (χ2n) is 25.3. The molecule has 0 amide bonds. The van der Waals surface area contributed by atoms with Gasteiger partial charge in [-0.3, -0.25) is 4.79 Å². The number of piperidine rings is 3. The maximum Gasteiger partial charge on any atom is 0.206 e. The molecule has 3 aliphatic carbocycles. The molecule has 0 bridgehead atoms. The predicted octanol–water partition coefficient (Wildman–Crippen LogP) is 18.3. The van der Waals surface area contributed by atoms with Crippen molar-refractivity contribution in [2.45, 2.75) is 183 Å². The van der Waals surface area contributed by atoms with Gasteiger partial charge in [-0.2, -0.15) is 0 Å². The van der Waals surface area contributed by atoms with Crippen LogP contribution in [0.4, 0.5) is 0 Å². The Morgan fingerprint density at radius 1 is 0.433 bits per heavy atom. The Balaban J connectivity index is 0.000000166. The van der Waals surface area contributed by atoms with Gasteiger partial charge in [-0.1, -0.05) is 142 Å². The molecule has 0 atom stereocenters. The number of aryl methyl sites for hydroxylation is 1. The first kappa shape index (κ1) is 70.2. The predicted molar refractivity (Wildman–Crippen MR) is 377 cm³/mol. The SMILES string of the molecule is C=C(c1ccc(S(=O)(=O)c2ccc(OC)cc2)cc1)C1CCN(C2CCCCC2)CC1.C=C(c1ccc(Sc2ccc(C)cc2)cc1)C1CCNCC1.C=C(c1ccc(Sc2ccc(OC)cc2)cc1)C1CCN(C2CCCCC2)CC1.O.O=C1CCCCC1. The van der Waals surface area contributed by atoms with Gasteiger partial charge >= 0.3 is 0 Å². The van der Waals surface area contributed by atoms with Crippen molar-refractivity contribution in [2.75, 3.05) is 53.5 Å². The van der Waals surface area contributed by atoms with Crippen LogP contribution < -0.4 is 14.8 Å². The lowest BCUT2D eigenvalue weighted by Gasteiger charge is -2.39. The zero-order valence-electron chi connectivity index (χ0n) is 54.1. The van der Waals surface area contributed by atoms with Crippen LogP contribution >= 0.6 is 23.5 Å². The van der Waals surface area contributed by atoms with Crippen LogP contribution in [0.5, 0.6) is 11.5 Å². The van der Waals surface area contributed by atoms with Crippen LogP contribution in [0.1, 0.15) is 157 Å². The van der Waals surface area contributed by atoms with Gasteiger partial charge < -0.3 is 30.1 Å². The summed E-state index contributed by atoms with van der Waals surface area (Å²) in [5.74, 6) is 3.75. The number of hydrogen-bond acceptors (Lipinski definition) is 10. The fraction of sp³-hybridized carbons (Fsp3) is 0.449. The van der Waals surface area contributed by atoms with Crippen LogP contribution in [-0.2, 0) is 14.6 Å². The number of methoxy groups -OCH3 is 2. The maximum absolute atomic E-state index is 12.9. The summed E-state index contributed by atoms with van der Waals surface area (Å²) < 4.78 is 36.2. The van der Waals surface area contributed by atoms with E-state index in [2.05, 4.69) is 127 Å². The number of Topliss-reactive ketones (excluding diaryl/α,β-unsaturated/α-hetero) is 1. The number of likely N-dealkylation sites (tertiary alicyclic amines) is 2. The third-order valence-electron chi connectivity index (χ3n) is 19.4. The largest absolute Gasteiger partial charge is 0.497 e. The fourth-order valence-corrected chi connectivity index (χ4v) is 16.6. The average Bonchev–Trinajstić information content (AvgIpc) is 1.10. The molecule has 0 spiro atoms. The van der Waals surface area contributed by atoms with Gasteiger partial charge in [-0.25, -0.2) is 8.42 Å². The summed E-state index contributed by atoms with van der Waals surface area (Å²) in [7, 11) is -0.277. The fourth-order valence-electron chi connectivity index (χ4n) is 13.7. The first-order valence-corrected chi connectivity index (χ1v) is 36.5. The number of ether oxygens (including phenoxy) is 2. The van der Waals surface area contributed by atoms with E-state index < -0.39 is 9.84 Å². The number of ketones is 1. The van der Waals surface area contributed by atoms with E-state index in [1.54, 1.807) is 62.4 Å². The van der Waals surface area contributed by atoms with Crippen molar-refractivity contribution in [1.29, 1.82) is 0 Å². The quantitative estimate of drug-likeness (QED) is 0.100. The Morgan fingerprint density at radius 3 is 1.10 bits per heavy atom. The van der Waals surface area contributed by atoms with E-state index in [9.17, 15) is 13.2 Å². The Kier molecular flexibility index (Phi) is 28.0. The van der Waals surface area contributed by atoms with Crippen LogP contribution in [0.25, 0.3) is 16.7 Å². The molecule has 9 nitrogen and oxygen atoms in total. The summed E-state index contributed by atoms with van der Waals surface area (Å²) in [6.07, 6.45) is 26.5. The molecule has 3 heterocycles. The standard InChI is InChI=1S/C26H33NO3S.C26H33NOS.C20H23NS.C6H10O.H2O/c1-20(22-16-18-27(19-17-22)23-6-4-3-5-7-23)21-8-12-25(13-9-21)31(28,29)26-14-10-24(30-2)11-15-26;1-20(22-16-18-27(19-17-22)23-6-4-3-5-7-23)21-8-12-25(13-9-21)29-26-14-10-24(28-2)11-15-26;1-15-3-7-19(8-4-15)22-20-9-5-17(6-10-20)16(2)18-11-13-21-14-12-18;7-6-4-2-1-3-5-6;/h8-15,22-23H,1,3-7,16-19H2,2H3;8-15,22-23H,1,3-7,16-19H2,2H3;3-10,18,21H,2,11-14H2,1H3;1-5H2;1H2. The summed E-state index contributed by atoms with van der Waals surface area (Å²) in [4.78, 5) is 21.6. The van der Waals surface area contributed by atoms with E-state index in [1.807, 2.05) is 36.0 Å². The molecule has 12 heteroatoms. The number of nitrogens with zero attached hydrogens (tertiary/aromatic N) is 2. The van der Waals surface area contributed by atoms with Gasteiger partial charge in [0.2, 0.25) is 9.84 Å². The minimum absolute atomic E-state index is 0. The summed E-state index contributed by atoms with van der Waals surface area (Å²) >= 11 is 3.60. The molecular formula is C78H101N3O6S3. The number of rotatable bonds is 16. The highest BCUT2D eigenvalue weighted by Crippen LogP contribution is 2.38. The molecule has 0 radical (unpaired) electrons. The molecule has 12 rings (SSSR count). The second-order valence-corrected chi connectivity index (χ2v) is 29.6. The molecule has 6 aromatic carbocycles. The van der Waals surface area contributed by atoms with Gasteiger partial charge in [0.1, 0.15) is 17.3 Å². The Labute approximate surface area is 549 Å². The van der Waals surface area contributed by atoms with Crippen molar-refractivity contribution in [3.05, 3.63) is 188 Å². The number of carbonyl (C=O) groups is 1. The van der Waals surface area contributed by atoms with Gasteiger partial charge in [0.15, 0.2) is 0 Å². The molecular weight excluding hydrogens is 1170 g/mol. The molecule has 3 saturated heterocycles. The highest BCUT2D eigenvalue weighted by molar-refractivity contribution is 7.99. The van der Waals surface area contributed by atoms with Crippen LogP contribution in [0.15, 0.2) is 195 Å². The lowest BCUT2D eigenvalue weighted by atomic mass is 9.84. The van der Waals surface area contributed by atoms with Crippen molar-refractivity contribution in [2.24, 2.45) is 17.8 Å². The van der Waals surface area contributed by atoms with Crippen LogP contribution in [0, 0.1) is 24.7 Å². The summed E-state index contributed by atoms with van der Waals surface area (Å²) in [6.45, 7) is 22.3. The number of allylic oxidation sites excluding steroid dienone is 3. The zero-order chi connectivity index (χ0) is 62.4. The summed E-state index contributed by atoms with van der Waals surface area (Å²) in [6, 6.07) is 50.1. The average molecular weight is 1270 g/mol. The van der Waals surface area contributed by atoms with Crippen molar-refractivity contribution >= 4 is 55.9 Å². The van der Waals surface area contributed by atoms with E-state index in [-0.39, 0.29) is 10.4 Å². The minimum atomic E-state index is -3.54. The molecule has 90 heavy (non-hydrogen) atoms. The van der Waals surface area contributed by atoms with E-state index in [0.717, 1.165) is 93.7 Å². The number of carbonyl (C=O) groups excluding carboxylic acids is 1. The van der Waals surface area contributed by atoms with Crippen molar-refractivity contribution in [3.63, 3.8) is 0 Å². The number of nitrogens with one attached hydrogen (secondary N) is 1. The lowest BCUT2D eigenvalue weighted by molar-refractivity contribution is -0.120. The summed E-state index contributed by atoms with van der Waals surface area (Å²) in [5.41, 5.74) is 8.71. The van der Waals surface area contributed by atoms with E-state index in [4.69, 9.17) is 9.47 Å². The molecule has 6 aromatic rings. The van der Waals surface area contributed by atoms with Gasteiger partial charge in [-0.05, 0) is 271 Å². The third-order valence-corrected chi connectivity index (χ3v) is 23.2. The van der Waals surface area contributed by atoms with Gasteiger partial charge in [0, 0.05) is 44.5 Å². The normalized spacial score (nSPS) is 18.4. The zero-order valence-corrected chi connectivity index (χ0v) is 56.6. The Hall–Kier alpha value is -5.70.